The summed E-state index contributed by atoms with van der Waals surface area (Å²) in [6, 6.07) is 3.30. The third-order valence-electron chi connectivity index (χ3n) is 2.18. The third kappa shape index (κ3) is 2.98. The fraction of sp³-hybridized carbons (Fsp3) is 0. The first kappa shape index (κ1) is 14.9. The molecule has 2 N–H and O–H groups in total. The fourth-order valence-electron chi connectivity index (χ4n) is 1.27. The van der Waals surface area contributed by atoms with Crippen LogP contribution >= 0.6 is 43.5 Å². The molecule has 0 fully saturated rings. The number of tetrazole rings is 1. The predicted molar refractivity (Wildman–Crippen MR) is 78.2 cm³/mol. The molecule has 2 rings (SSSR count). The molecule has 0 aliphatic carbocycles. The molecule has 0 saturated carbocycles. The number of allylic oxidation sites excluding steroid dienone is 1. The van der Waals surface area contributed by atoms with Gasteiger partial charge in [-0.05, 0) is 43.1 Å². The van der Waals surface area contributed by atoms with E-state index in [9.17, 15) is 4.39 Å². The normalized spacial score (nSPS) is 11.2. The molecule has 0 amide bonds. The summed E-state index contributed by atoms with van der Waals surface area (Å²) >= 11 is 12.0. The minimum Gasteiger partial charge on any atom is -0.358 e. The SMILES string of the molecule is N#CC(=CNc1c(Br)cc(Cl)c(F)c1Br)c1nn[nH]n1. The Bertz CT molecular complexity index is 710. The minimum atomic E-state index is -0.608. The molecular formula is C10H4Br2ClFN6. The molecule has 6 nitrogen and oxygen atoms in total. The predicted octanol–water partition coefficient (Wildman–Crippen LogP) is 3.49. The van der Waals surface area contributed by atoms with Gasteiger partial charge in [0, 0.05) is 10.7 Å². The van der Waals surface area contributed by atoms with Gasteiger partial charge in [0.1, 0.15) is 11.6 Å². The molecule has 0 aliphatic rings. The molecule has 1 heterocycles. The van der Waals surface area contributed by atoms with Crippen molar-refractivity contribution < 1.29 is 4.39 Å². The van der Waals surface area contributed by atoms with E-state index in [0.29, 0.717) is 10.2 Å². The van der Waals surface area contributed by atoms with E-state index in [1.165, 1.54) is 12.3 Å². The molecule has 0 radical (unpaired) electrons. The van der Waals surface area contributed by atoms with Crippen LogP contribution < -0.4 is 5.32 Å². The van der Waals surface area contributed by atoms with Gasteiger partial charge >= 0.3 is 0 Å². The van der Waals surface area contributed by atoms with Gasteiger partial charge in [-0.2, -0.15) is 10.5 Å². The van der Waals surface area contributed by atoms with Crippen LogP contribution in [-0.4, -0.2) is 20.6 Å². The van der Waals surface area contributed by atoms with Crippen molar-refractivity contribution in [2.75, 3.05) is 5.32 Å². The Balaban J connectivity index is 2.36. The summed E-state index contributed by atoms with van der Waals surface area (Å²) in [5.74, 6) is -0.481. The van der Waals surface area contributed by atoms with E-state index in [1.54, 1.807) is 0 Å². The van der Waals surface area contributed by atoms with Crippen LogP contribution in [0.3, 0.4) is 0 Å². The lowest BCUT2D eigenvalue weighted by Crippen LogP contribution is -1.96. The first-order valence-corrected chi connectivity index (χ1v) is 6.94. The number of nitrogens with zero attached hydrogens (tertiary/aromatic N) is 4. The highest BCUT2D eigenvalue weighted by atomic mass is 79.9. The number of hydrogen-bond donors (Lipinski definition) is 2. The lowest BCUT2D eigenvalue weighted by Gasteiger charge is -2.09. The molecule has 102 valence electrons. The highest BCUT2D eigenvalue weighted by Crippen LogP contribution is 2.37. The minimum absolute atomic E-state index is 0.0306. The maximum atomic E-state index is 13.7. The molecule has 20 heavy (non-hydrogen) atoms. The van der Waals surface area contributed by atoms with Crippen LogP contribution in [0.25, 0.3) is 5.57 Å². The summed E-state index contributed by atoms with van der Waals surface area (Å²) in [6.07, 6.45) is 1.34. The van der Waals surface area contributed by atoms with Gasteiger partial charge in [-0.1, -0.05) is 11.6 Å². The molecule has 0 unspecified atom stereocenters. The summed E-state index contributed by atoms with van der Waals surface area (Å²) in [4.78, 5) is 0. The second-order valence-electron chi connectivity index (χ2n) is 3.39. The van der Waals surface area contributed by atoms with Crippen LogP contribution in [0, 0.1) is 17.1 Å². The number of nitriles is 1. The van der Waals surface area contributed by atoms with Crippen molar-refractivity contribution in [3.63, 3.8) is 0 Å². The molecule has 0 bridgehead atoms. The zero-order valence-electron chi connectivity index (χ0n) is 9.46. The van der Waals surface area contributed by atoms with Gasteiger partial charge in [0.2, 0.25) is 5.82 Å². The largest absolute Gasteiger partial charge is 0.358 e. The van der Waals surface area contributed by atoms with E-state index in [0.717, 1.165) is 0 Å². The van der Waals surface area contributed by atoms with E-state index < -0.39 is 5.82 Å². The van der Waals surface area contributed by atoms with Gasteiger partial charge < -0.3 is 5.32 Å². The zero-order chi connectivity index (χ0) is 14.7. The molecular weight excluding hydrogens is 418 g/mol. The Morgan fingerprint density at radius 3 is 2.90 bits per heavy atom. The number of halogens is 4. The van der Waals surface area contributed by atoms with Crippen molar-refractivity contribution in [1.82, 2.24) is 20.6 Å². The molecule has 0 spiro atoms. The molecule has 2 aromatic rings. The summed E-state index contributed by atoms with van der Waals surface area (Å²) in [7, 11) is 0. The summed E-state index contributed by atoms with van der Waals surface area (Å²) in [5.41, 5.74) is 0.510. The average Bonchev–Trinajstić information content (AvgIpc) is 2.94. The third-order valence-corrected chi connectivity index (χ3v) is 3.83. The number of anilines is 1. The van der Waals surface area contributed by atoms with Crippen molar-refractivity contribution in [2.24, 2.45) is 0 Å². The molecule has 1 aromatic carbocycles. The van der Waals surface area contributed by atoms with Crippen LogP contribution in [0.1, 0.15) is 5.82 Å². The fourth-order valence-corrected chi connectivity index (χ4v) is 3.06. The van der Waals surface area contributed by atoms with Gasteiger partial charge in [-0.15, -0.1) is 10.2 Å². The Labute approximate surface area is 134 Å². The number of nitrogens with one attached hydrogen (secondary N) is 2. The quantitative estimate of drug-likeness (QED) is 0.449. The Hall–Kier alpha value is -1.50. The van der Waals surface area contributed by atoms with E-state index in [2.05, 4.69) is 57.8 Å². The van der Waals surface area contributed by atoms with E-state index in [4.69, 9.17) is 16.9 Å². The summed E-state index contributed by atoms with van der Waals surface area (Å²) < 4.78 is 14.3. The van der Waals surface area contributed by atoms with E-state index >= 15 is 0 Å². The van der Waals surface area contributed by atoms with Gasteiger partial charge in [0.15, 0.2) is 5.82 Å². The van der Waals surface area contributed by atoms with E-state index in [-0.39, 0.29) is 20.9 Å². The van der Waals surface area contributed by atoms with Crippen LogP contribution in [0.4, 0.5) is 10.1 Å². The van der Waals surface area contributed by atoms with Crippen molar-refractivity contribution in [3.8, 4) is 6.07 Å². The molecule has 0 aliphatic heterocycles. The number of benzene rings is 1. The van der Waals surface area contributed by atoms with Gasteiger partial charge in [0.25, 0.3) is 0 Å². The Kier molecular flexibility index (Phi) is 4.69. The first-order chi connectivity index (χ1) is 9.54. The van der Waals surface area contributed by atoms with Crippen molar-refractivity contribution >= 4 is 54.7 Å². The van der Waals surface area contributed by atoms with Crippen LogP contribution in [0.2, 0.25) is 5.02 Å². The Morgan fingerprint density at radius 2 is 2.30 bits per heavy atom. The topological polar surface area (TPSA) is 90.3 Å². The van der Waals surface area contributed by atoms with Crippen LogP contribution in [-0.2, 0) is 0 Å². The lowest BCUT2D eigenvalue weighted by atomic mass is 10.3. The van der Waals surface area contributed by atoms with Gasteiger partial charge in [0.05, 0.1) is 15.2 Å². The Morgan fingerprint density at radius 1 is 1.55 bits per heavy atom. The van der Waals surface area contributed by atoms with E-state index in [1.807, 2.05) is 6.07 Å². The van der Waals surface area contributed by atoms with Crippen molar-refractivity contribution in [3.05, 3.63) is 37.9 Å². The maximum absolute atomic E-state index is 13.7. The second kappa shape index (κ2) is 6.30. The van der Waals surface area contributed by atoms with Crippen molar-refractivity contribution in [1.29, 1.82) is 5.26 Å². The maximum Gasteiger partial charge on any atom is 0.216 e. The van der Waals surface area contributed by atoms with Crippen LogP contribution in [0.5, 0.6) is 0 Å². The molecule has 1 aromatic heterocycles. The number of aromatic nitrogens is 4. The average molecular weight is 422 g/mol. The number of H-pyrrole nitrogens is 1. The summed E-state index contributed by atoms with van der Waals surface area (Å²) in [6.45, 7) is 0. The van der Waals surface area contributed by atoms with Crippen molar-refractivity contribution in [2.45, 2.75) is 0 Å². The first-order valence-electron chi connectivity index (χ1n) is 4.98. The second-order valence-corrected chi connectivity index (χ2v) is 5.45. The van der Waals surface area contributed by atoms with Gasteiger partial charge in [-0.3, -0.25) is 0 Å². The summed E-state index contributed by atoms with van der Waals surface area (Å²) in [5, 5.41) is 24.7. The smallest absolute Gasteiger partial charge is 0.216 e. The molecule has 10 heteroatoms. The number of aromatic amines is 1. The van der Waals surface area contributed by atoms with Gasteiger partial charge in [-0.25, -0.2) is 4.39 Å². The van der Waals surface area contributed by atoms with Crippen LogP contribution in [0.15, 0.2) is 21.2 Å². The standard InChI is InChI=1S/C10H4Br2ClFN6/c11-5-1-6(13)8(14)7(12)9(5)16-3-4(2-15)10-17-19-20-18-10/h1,3,16H,(H,17,18,19,20). The monoisotopic (exact) mass is 420 g/mol. The highest BCUT2D eigenvalue weighted by molar-refractivity contribution is 9.11. The number of rotatable bonds is 3. The zero-order valence-corrected chi connectivity index (χ0v) is 13.4. The molecule has 0 atom stereocenters. The molecule has 0 saturated heterocycles. The number of hydrogen-bond acceptors (Lipinski definition) is 5. The lowest BCUT2D eigenvalue weighted by molar-refractivity contribution is 0.622. The highest BCUT2D eigenvalue weighted by Gasteiger charge is 2.14.